The van der Waals surface area contributed by atoms with Crippen LogP contribution in [0.4, 0.5) is 0 Å². The molecule has 2 nitrogen and oxygen atoms in total. The SMILES string of the molecule is CCC(CC)NCCN1CCCC(C)C1. The van der Waals surface area contributed by atoms with Crippen molar-refractivity contribution in [2.24, 2.45) is 5.92 Å². The van der Waals surface area contributed by atoms with E-state index < -0.39 is 0 Å². The molecule has 1 atom stereocenters. The summed E-state index contributed by atoms with van der Waals surface area (Å²) in [6.07, 6.45) is 5.34. The van der Waals surface area contributed by atoms with Gasteiger partial charge in [0.15, 0.2) is 0 Å². The maximum Gasteiger partial charge on any atom is 0.0107 e. The molecule has 0 aromatic carbocycles. The predicted molar refractivity (Wildman–Crippen MR) is 67.2 cm³/mol. The van der Waals surface area contributed by atoms with Crippen molar-refractivity contribution >= 4 is 0 Å². The van der Waals surface area contributed by atoms with Crippen LogP contribution in [0.25, 0.3) is 0 Å². The molecule has 0 aromatic rings. The number of hydrogen-bond donors (Lipinski definition) is 1. The molecular weight excluding hydrogens is 184 g/mol. The lowest BCUT2D eigenvalue weighted by Gasteiger charge is -2.31. The Hall–Kier alpha value is -0.0800. The van der Waals surface area contributed by atoms with Crippen LogP contribution in [0, 0.1) is 5.92 Å². The second-order valence-corrected chi connectivity index (χ2v) is 5.02. The second-order valence-electron chi connectivity index (χ2n) is 5.02. The van der Waals surface area contributed by atoms with Crippen molar-refractivity contribution in [3.63, 3.8) is 0 Å². The monoisotopic (exact) mass is 212 g/mol. The van der Waals surface area contributed by atoms with E-state index in [2.05, 4.69) is 31.0 Å². The normalized spacial score (nSPS) is 23.6. The summed E-state index contributed by atoms with van der Waals surface area (Å²) >= 11 is 0. The van der Waals surface area contributed by atoms with Crippen molar-refractivity contribution in [3.8, 4) is 0 Å². The summed E-state index contributed by atoms with van der Waals surface area (Å²) in [5.74, 6) is 0.909. The standard InChI is InChI=1S/C13H28N2/c1-4-13(5-2)14-8-10-15-9-6-7-12(3)11-15/h12-14H,4-11H2,1-3H3. The molecular formula is C13H28N2. The average molecular weight is 212 g/mol. The molecule has 1 aliphatic rings. The van der Waals surface area contributed by atoms with Gasteiger partial charge in [-0.1, -0.05) is 20.8 Å². The fourth-order valence-corrected chi connectivity index (χ4v) is 2.49. The number of rotatable bonds is 6. The Labute approximate surface area is 95.4 Å². The summed E-state index contributed by atoms with van der Waals surface area (Å²) in [7, 11) is 0. The van der Waals surface area contributed by atoms with Gasteiger partial charge in [-0.3, -0.25) is 0 Å². The number of hydrogen-bond acceptors (Lipinski definition) is 2. The van der Waals surface area contributed by atoms with Gasteiger partial charge in [0.2, 0.25) is 0 Å². The topological polar surface area (TPSA) is 15.3 Å². The Balaban J connectivity index is 2.08. The number of likely N-dealkylation sites (tertiary alicyclic amines) is 1. The second kappa shape index (κ2) is 7.24. The van der Waals surface area contributed by atoms with E-state index >= 15 is 0 Å². The third-order valence-electron chi connectivity index (χ3n) is 3.59. The maximum atomic E-state index is 3.64. The highest BCUT2D eigenvalue weighted by Crippen LogP contribution is 2.14. The molecule has 0 aromatic heterocycles. The van der Waals surface area contributed by atoms with Gasteiger partial charge in [-0.05, 0) is 38.1 Å². The van der Waals surface area contributed by atoms with Gasteiger partial charge in [-0.15, -0.1) is 0 Å². The lowest BCUT2D eigenvalue weighted by atomic mass is 10.0. The highest BCUT2D eigenvalue weighted by Gasteiger charge is 2.15. The molecule has 1 N–H and O–H groups in total. The summed E-state index contributed by atoms with van der Waals surface area (Å²) in [6, 6.07) is 0.729. The van der Waals surface area contributed by atoms with Crippen molar-refractivity contribution < 1.29 is 0 Å². The van der Waals surface area contributed by atoms with Gasteiger partial charge in [0.25, 0.3) is 0 Å². The van der Waals surface area contributed by atoms with E-state index in [9.17, 15) is 0 Å². The van der Waals surface area contributed by atoms with Crippen LogP contribution in [0.5, 0.6) is 0 Å². The zero-order valence-corrected chi connectivity index (χ0v) is 10.8. The van der Waals surface area contributed by atoms with Gasteiger partial charge in [0, 0.05) is 25.7 Å². The molecule has 0 spiro atoms. The minimum absolute atomic E-state index is 0.729. The molecule has 15 heavy (non-hydrogen) atoms. The lowest BCUT2D eigenvalue weighted by molar-refractivity contribution is 0.182. The quantitative estimate of drug-likeness (QED) is 0.728. The van der Waals surface area contributed by atoms with E-state index in [4.69, 9.17) is 0 Å². The van der Waals surface area contributed by atoms with Crippen molar-refractivity contribution in [3.05, 3.63) is 0 Å². The molecule has 0 bridgehead atoms. The highest BCUT2D eigenvalue weighted by molar-refractivity contribution is 4.71. The summed E-state index contributed by atoms with van der Waals surface area (Å²) in [5, 5.41) is 3.64. The fraction of sp³-hybridized carbons (Fsp3) is 1.00. The van der Waals surface area contributed by atoms with E-state index in [0.29, 0.717) is 0 Å². The Bertz CT molecular complexity index is 155. The Kier molecular flexibility index (Phi) is 6.26. The van der Waals surface area contributed by atoms with E-state index in [0.717, 1.165) is 12.0 Å². The summed E-state index contributed by atoms with van der Waals surface area (Å²) < 4.78 is 0. The number of piperidine rings is 1. The van der Waals surface area contributed by atoms with Gasteiger partial charge in [0.1, 0.15) is 0 Å². The molecule has 1 heterocycles. The van der Waals surface area contributed by atoms with Gasteiger partial charge in [-0.2, -0.15) is 0 Å². The van der Waals surface area contributed by atoms with E-state index in [1.54, 1.807) is 0 Å². The number of nitrogens with one attached hydrogen (secondary N) is 1. The zero-order chi connectivity index (χ0) is 11.1. The molecule has 1 aliphatic heterocycles. The summed E-state index contributed by atoms with van der Waals surface area (Å²) in [6.45, 7) is 11.9. The van der Waals surface area contributed by atoms with Gasteiger partial charge < -0.3 is 10.2 Å². The van der Waals surface area contributed by atoms with Crippen molar-refractivity contribution in [2.75, 3.05) is 26.2 Å². The first-order valence-corrected chi connectivity index (χ1v) is 6.72. The first kappa shape index (κ1) is 13.0. The Morgan fingerprint density at radius 3 is 2.67 bits per heavy atom. The first-order valence-electron chi connectivity index (χ1n) is 6.72. The molecule has 1 fully saturated rings. The van der Waals surface area contributed by atoms with E-state index in [1.165, 1.54) is 51.9 Å². The molecule has 0 aliphatic carbocycles. The van der Waals surface area contributed by atoms with Crippen LogP contribution in [0.15, 0.2) is 0 Å². The third kappa shape index (κ3) is 4.98. The van der Waals surface area contributed by atoms with Crippen LogP contribution in [0.3, 0.4) is 0 Å². The van der Waals surface area contributed by atoms with Crippen LogP contribution in [0.2, 0.25) is 0 Å². The van der Waals surface area contributed by atoms with Crippen molar-refractivity contribution in [2.45, 2.75) is 52.5 Å². The number of nitrogens with zero attached hydrogens (tertiary/aromatic N) is 1. The van der Waals surface area contributed by atoms with Gasteiger partial charge >= 0.3 is 0 Å². The van der Waals surface area contributed by atoms with Crippen LogP contribution in [0.1, 0.15) is 46.5 Å². The predicted octanol–water partition coefficient (Wildman–Crippen LogP) is 2.50. The lowest BCUT2D eigenvalue weighted by Crippen LogP contribution is -2.41. The van der Waals surface area contributed by atoms with Crippen molar-refractivity contribution in [1.82, 2.24) is 10.2 Å². The van der Waals surface area contributed by atoms with Crippen LogP contribution >= 0.6 is 0 Å². The third-order valence-corrected chi connectivity index (χ3v) is 3.59. The fourth-order valence-electron chi connectivity index (χ4n) is 2.49. The molecule has 0 amide bonds. The molecule has 1 rings (SSSR count). The Morgan fingerprint density at radius 2 is 2.07 bits per heavy atom. The minimum Gasteiger partial charge on any atom is -0.313 e. The highest BCUT2D eigenvalue weighted by atomic mass is 15.1. The van der Waals surface area contributed by atoms with Crippen LogP contribution in [-0.2, 0) is 0 Å². The molecule has 0 saturated carbocycles. The molecule has 2 heteroatoms. The van der Waals surface area contributed by atoms with Crippen LogP contribution in [-0.4, -0.2) is 37.1 Å². The largest absolute Gasteiger partial charge is 0.313 e. The molecule has 1 unspecified atom stereocenters. The Morgan fingerprint density at radius 1 is 1.33 bits per heavy atom. The zero-order valence-electron chi connectivity index (χ0n) is 10.8. The van der Waals surface area contributed by atoms with E-state index in [1.807, 2.05) is 0 Å². The van der Waals surface area contributed by atoms with E-state index in [-0.39, 0.29) is 0 Å². The van der Waals surface area contributed by atoms with Gasteiger partial charge in [0.05, 0.1) is 0 Å². The maximum absolute atomic E-state index is 3.64. The molecule has 0 radical (unpaired) electrons. The average Bonchev–Trinajstić information content (AvgIpc) is 2.25. The summed E-state index contributed by atoms with van der Waals surface area (Å²) in [4.78, 5) is 2.61. The van der Waals surface area contributed by atoms with Crippen LogP contribution < -0.4 is 5.32 Å². The smallest absolute Gasteiger partial charge is 0.0107 e. The molecule has 90 valence electrons. The molecule has 1 saturated heterocycles. The van der Waals surface area contributed by atoms with Crippen molar-refractivity contribution in [1.29, 1.82) is 0 Å². The van der Waals surface area contributed by atoms with Gasteiger partial charge in [-0.25, -0.2) is 0 Å². The first-order chi connectivity index (χ1) is 7.26. The summed E-state index contributed by atoms with van der Waals surface area (Å²) in [5.41, 5.74) is 0. The minimum atomic E-state index is 0.729.